The normalized spacial score (nSPS) is 13.2. The summed E-state index contributed by atoms with van der Waals surface area (Å²) in [5.74, 6) is 4.28. The van der Waals surface area contributed by atoms with Crippen molar-refractivity contribution in [3.8, 4) is 40.8 Å². The average molecular weight is 546 g/mol. The van der Waals surface area contributed by atoms with Crippen LogP contribution in [-0.2, 0) is 4.79 Å². The highest BCUT2D eigenvalue weighted by molar-refractivity contribution is 8.00. The Kier molecular flexibility index (Phi) is 7.65. The maximum absolute atomic E-state index is 11.8. The van der Waals surface area contributed by atoms with Crippen LogP contribution in [0.1, 0.15) is 0 Å². The van der Waals surface area contributed by atoms with Crippen LogP contribution in [-0.4, -0.2) is 68.5 Å². The number of carbonyl (C=O) groups excluding carboxylic acids is 1. The summed E-state index contributed by atoms with van der Waals surface area (Å²) in [5.41, 5.74) is 2.95. The van der Waals surface area contributed by atoms with Crippen LogP contribution in [0.25, 0.3) is 22.4 Å². The molecule has 11 heteroatoms. The lowest BCUT2D eigenvalue weighted by molar-refractivity contribution is -0.125. The van der Waals surface area contributed by atoms with Gasteiger partial charge >= 0.3 is 0 Å². The second-order valence-electron chi connectivity index (χ2n) is 8.59. The van der Waals surface area contributed by atoms with Crippen molar-refractivity contribution in [3.63, 3.8) is 0 Å². The number of fused-ring (bicyclic) bond motifs is 1. The molecule has 1 amide bonds. The SMILES string of the molecule is C#CC(=O)N1CCN(c2cccc(-c3cc(OC)c4c(NSc5c(OC)cccc5OC)noc4n3)c2)CC1. The fourth-order valence-corrected chi connectivity index (χ4v) is 5.28. The third-order valence-corrected chi connectivity index (χ3v) is 7.36. The summed E-state index contributed by atoms with van der Waals surface area (Å²) in [4.78, 5) is 21.2. The van der Waals surface area contributed by atoms with Crippen LogP contribution in [0.3, 0.4) is 0 Å². The lowest BCUT2D eigenvalue weighted by Crippen LogP contribution is -2.48. The van der Waals surface area contributed by atoms with Gasteiger partial charge in [0.25, 0.3) is 11.6 Å². The van der Waals surface area contributed by atoms with E-state index in [1.165, 1.54) is 11.9 Å². The van der Waals surface area contributed by atoms with Crippen molar-refractivity contribution in [2.75, 3.05) is 57.1 Å². The number of rotatable bonds is 8. The number of terminal acetylenes is 1. The second-order valence-corrected chi connectivity index (χ2v) is 9.41. The summed E-state index contributed by atoms with van der Waals surface area (Å²) >= 11 is 1.29. The van der Waals surface area contributed by atoms with Gasteiger partial charge in [0.05, 0.1) is 27.0 Å². The largest absolute Gasteiger partial charge is 0.496 e. The van der Waals surface area contributed by atoms with E-state index >= 15 is 0 Å². The number of carbonyl (C=O) groups is 1. The monoisotopic (exact) mass is 545 g/mol. The number of nitrogens with one attached hydrogen (secondary N) is 1. The van der Waals surface area contributed by atoms with Crippen molar-refractivity contribution in [3.05, 3.63) is 48.5 Å². The summed E-state index contributed by atoms with van der Waals surface area (Å²) in [6.07, 6.45) is 5.27. The van der Waals surface area contributed by atoms with E-state index in [1.807, 2.05) is 42.5 Å². The van der Waals surface area contributed by atoms with Crippen molar-refractivity contribution >= 4 is 40.5 Å². The number of methoxy groups -OCH3 is 3. The Balaban J connectivity index is 1.40. The molecule has 2 aromatic carbocycles. The predicted molar refractivity (Wildman–Crippen MR) is 150 cm³/mol. The van der Waals surface area contributed by atoms with Gasteiger partial charge < -0.3 is 33.3 Å². The van der Waals surface area contributed by atoms with Crippen molar-refractivity contribution in [2.45, 2.75) is 4.90 Å². The van der Waals surface area contributed by atoms with Crippen molar-refractivity contribution in [1.29, 1.82) is 0 Å². The quantitative estimate of drug-likeness (QED) is 0.254. The Morgan fingerprint density at radius 3 is 2.36 bits per heavy atom. The van der Waals surface area contributed by atoms with Crippen LogP contribution in [0.2, 0.25) is 0 Å². The van der Waals surface area contributed by atoms with Gasteiger partial charge in [-0.1, -0.05) is 23.4 Å². The van der Waals surface area contributed by atoms with Gasteiger partial charge in [0.15, 0.2) is 5.82 Å². The maximum Gasteiger partial charge on any atom is 0.298 e. The zero-order valence-electron chi connectivity index (χ0n) is 21.8. The molecule has 1 fully saturated rings. The van der Waals surface area contributed by atoms with Gasteiger partial charge in [0.1, 0.15) is 27.5 Å². The molecule has 1 saturated heterocycles. The number of amides is 1. The Bertz CT molecular complexity index is 1520. The zero-order valence-corrected chi connectivity index (χ0v) is 22.6. The molecule has 10 nitrogen and oxygen atoms in total. The minimum absolute atomic E-state index is 0.269. The number of anilines is 2. The fraction of sp³-hybridized carbons (Fsp3) is 0.250. The van der Waals surface area contributed by atoms with Crippen molar-refractivity contribution in [2.24, 2.45) is 0 Å². The molecule has 1 aliphatic heterocycles. The number of benzene rings is 2. The third-order valence-electron chi connectivity index (χ3n) is 6.46. The van der Waals surface area contributed by atoms with E-state index in [0.717, 1.165) is 16.1 Å². The Hall–Kier alpha value is -4.56. The number of piperazine rings is 1. The molecule has 5 rings (SSSR count). The molecule has 1 aliphatic rings. The summed E-state index contributed by atoms with van der Waals surface area (Å²) < 4.78 is 25.5. The summed E-state index contributed by atoms with van der Waals surface area (Å²) in [7, 11) is 4.81. The Labute approximate surface area is 230 Å². The standard InChI is InChI=1S/C28H27N5O5S/c1-5-24(34)33-14-12-32(13-15-33)19-9-6-8-18(16-19)20-17-23(37-4)25-27(30-38-28(25)29-20)31-39-26-21(35-2)10-7-11-22(26)36-3/h1,6-11,16-17H,12-15H2,2-4H3,(H,30,31). The van der Waals surface area contributed by atoms with E-state index in [0.29, 0.717) is 66.0 Å². The second kappa shape index (κ2) is 11.4. The first kappa shape index (κ1) is 26.1. The van der Waals surface area contributed by atoms with Gasteiger partial charge in [-0.2, -0.15) is 0 Å². The van der Waals surface area contributed by atoms with E-state index in [1.54, 1.807) is 26.2 Å². The highest BCUT2D eigenvalue weighted by atomic mass is 32.2. The molecular weight excluding hydrogens is 518 g/mol. The van der Waals surface area contributed by atoms with Crippen molar-refractivity contribution < 1.29 is 23.5 Å². The van der Waals surface area contributed by atoms with Gasteiger partial charge in [0, 0.05) is 43.5 Å². The topological polar surface area (TPSA) is 102 Å². The van der Waals surface area contributed by atoms with Gasteiger partial charge in [-0.3, -0.25) is 4.79 Å². The number of pyridine rings is 1. The van der Waals surface area contributed by atoms with Gasteiger partial charge in [-0.05, 0) is 42.1 Å². The van der Waals surface area contributed by atoms with Crippen LogP contribution in [0.15, 0.2) is 57.9 Å². The van der Waals surface area contributed by atoms with Crippen LogP contribution in [0, 0.1) is 12.3 Å². The van der Waals surface area contributed by atoms with Crippen LogP contribution in [0.5, 0.6) is 17.2 Å². The van der Waals surface area contributed by atoms with Crippen LogP contribution in [0.4, 0.5) is 11.5 Å². The minimum atomic E-state index is -0.269. The molecule has 39 heavy (non-hydrogen) atoms. The number of hydrogen-bond acceptors (Lipinski definition) is 10. The first-order valence-electron chi connectivity index (χ1n) is 12.2. The predicted octanol–water partition coefficient (Wildman–Crippen LogP) is 4.32. The molecule has 1 N–H and O–H groups in total. The molecule has 0 unspecified atom stereocenters. The van der Waals surface area contributed by atoms with E-state index in [-0.39, 0.29) is 5.91 Å². The molecule has 0 atom stereocenters. The van der Waals surface area contributed by atoms with Gasteiger partial charge in [0.2, 0.25) is 0 Å². The zero-order chi connectivity index (χ0) is 27.4. The maximum atomic E-state index is 11.8. The van der Waals surface area contributed by atoms with E-state index < -0.39 is 0 Å². The molecule has 4 aromatic rings. The first-order chi connectivity index (χ1) is 19.1. The van der Waals surface area contributed by atoms with E-state index in [4.69, 9.17) is 30.1 Å². The fourth-order valence-electron chi connectivity index (χ4n) is 4.43. The average Bonchev–Trinajstić information content (AvgIpc) is 3.42. The lowest BCUT2D eigenvalue weighted by atomic mass is 10.1. The molecular formula is C28H27N5O5S. The smallest absolute Gasteiger partial charge is 0.298 e. The van der Waals surface area contributed by atoms with E-state index in [9.17, 15) is 4.79 Å². The first-order valence-corrected chi connectivity index (χ1v) is 13.0. The summed E-state index contributed by atoms with van der Waals surface area (Å²) in [6.45, 7) is 2.55. The number of hydrogen-bond donors (Lipinski definition) is 1. The minimum Gasteiger partial charge on any atom is -0.496 e. The van der Waals surface area contributed by atoms with Gasteiger partial charge in [-0.15, -0.1) is 6.42 Å². The highest BCUT2D eigenvalue weighted by Crippen LogP contribution is 2.41. The molecule has 0 spiro atoms. The summed E-state index contributed by atoms with van der Waals surface area (Å²) in [5, 5.41) is 4.82. The highest BCUT2D eigenvalue weighted by Gasteiger charge is 2.22. The molecule has 2 aromatic heterocycles. The molecule has 0 saturated carbocycles. The Morgan fingerprint density at radius 1 is 1.00 bits per heavy atom. The van der Waals surface area contributed by atoms with Crippen molar-refractivity contribution in [1.82, 2.24) is 15.0 Å². The molecule has 200 valence electrons. The number of nitrogens with zero attached hydrogens (tertiary/aromatic N) is 4. The number of ether oxygens (including phenoxy) is 3. The third kappa shape index (κ3) is 5.24. The molecule has 0 bridgehead atoms. The van der Waals surface area contributed by atoms with E-state index in [2.05, 4.69) is 26.8 Å². The van der Waals surface area contributed by atoms with Gasteiger partial charge in [-0.25, -0.2) is 4.98 Å². The number of aromatic nitrogens is 2. The Morgan fingerprint density at radius 2 is 1.69 bits per heavy atom. The molecule has 0 aliphatic carbocycles. The summed E-state index contributed by atoms with van der Waals surface area (Å²) in [6, 6.07) is 15.5. The van der Waals surface area contributed by atoms with Crippen LogP contribution >= 0.6 is 11.9 Å². The lowest BCUT2D eigenvalue weighted by Gasteiger charge is -2.35. The molecule has 3 heterocycles. The molecule has 0 radical (unpaired) electrons. The van der Waals surface area contributed by atoms with Crippen LogP contribution < -0.4 is 23.8 Å².